The molecule has 11 atom stereocenters. The minimum absolute atomic E-state index is 0.0596. The Balaban J connectivity index is 2.12. The van der Waals surface area contributed by atoms with Crippen LogP contribution in [0.4, 0.5) is 0 Å². The number of benzene rings is 1. The van der Waals surface area contributed by atoms with Crippen LogP contribution in [0.2, 0.25) is 0 Å². The summed E-state index contributed by atoms with van der Waals surface area (Å²) in [6.07, 6.45) is -1.66. The topological polar surface area (TPSA) is 462 Å². The quantitative estimate of drug-likeness (QED) is 0.0545. The average molecular weight is 1100 g/mol. The molecule has 27 nitrogen and oxygen atoms in total. The molecule has 1 aliphatic carbocycles. The van der Waals surface area contributed by atoms with Crippen LogP contribution in [0.25, 0.3) is 0 Å². The Bertz CT molecular complexity index is 2150. The summed E-state index contributed by atoms with van der Waals surface area (Å²) in [4.78, 5) is 140. The molecule has 1 saturated carbocycles. The van der Waals surface area contributed by atoms with Gasteiger partial charge in [-0.1, -0.05) is 44.2 Å². The van der Waals surface area contributed by atoms with E-state index in [4.69, 9.17) is 28.7 Å². The number of nitrogens with one attached hydrogen (secondary N) is 10. The summed E-state index contributed by atoms with van der Waals surface area (Å²) in [5, 5.41) is 47.3. The fourth-order valence-electron chi connectivity index (χ4n) is 8.99. The van der Waals surface area contributed by atoms with Gasteiger partial charge in [0.15, 0.2) is 0 Å². The lowest BCUT2D eigenvalue weighted by Gasteiger charge is -2.29. The SMILES string of the molecule is CC(C)C[C@@H]1NC(=O)[C@@H](Cc2ccccc2)NC(=O)[C@H](CCCN)NC(=O)[C@@H](NC(=O)[C@H](CCN)NC(=O)[C@@H](NC(=O)[C@H]2CC[C@H](N)CC2)C(C)O)CCNC(=O)[C@H](C(C)O)NC(=O)[C@H](CCN)NC(=O)[C@H](CCN)NC1=O. The van der Waals surface area contributed by atoms with Gasteiger partial charge in [-0.05, 0) is 122 Å². The molecule has 1 aromatic rings. The summed E-state index contributed by atoms with van der Waals surface area (Å²) in [5.41, 5.74) is 30.1. The van der Waals surface area contributed by atoms with E-state index in [9.17, 15) is 58.2 Å². The Morgan fingerprint density at radius 1 is 0.603 bits per heavy atom. The predicted molar refractivity (Wildman–Crippen MR) is 287 cm³/mol. The van der Waals surface area contributed by atoms with Crippen molar-refractivity contribution in [2.45, 2.75) is 177 Å². The van der Waals surface area contributed by atoms with E-state index in [1.807, 2.05) is 0 Å². The molecule has 0 spiro atoms. The highest BCUT2D eigenvalue weighted by atomic mass is 16.3. The van der Waals surface area contributed by atoms with Crippen LogP contribution >= 0.6 is 0 Å². The Labute approximate surface area is 455 Å². The number of rotatable bonds is 21. The molecule has 2 unspecified atom stereocenters. The molecule has 0 aromatic heterocycles. The van der Waals surface area contributed by atoms with Gasteiger partial charge in [0.2, 0.25) is 59.1 Å². The molecule has 0 bridgehead atoms. The molecular weight excluding hydrogens is 1010 g/mol. The standard InChI is InChI=1S/C51H87N15O12/c1-27(2)25-38-48(75)60-34(16-21-53)44(71)59-36(18-23-55)47(74)66-40(28(3)67)50(77)57-24-19-37(46(73)58-33(11-8-20-52)43(70)64-39(49(76)63-38)26-30-9-6-5-7-10-30)61-45(72)35(17-22-54)62-51(78)41(29(4)68)65-42(69)31-12-14-32(56)15-13-31/h5-7,9-10,27-29,31-41,67-68H,8,11-26,52-56H2,1-4H3,(H,57,77)(H,58,73)(H,59,71)(H,60,75)(H,61,72)(H,62,78)(H,63,76)(H,64,70)(H,65,69)(H,66,74)/t28?,29?,31-,32-,33-,34-,35-,36-,37-,38-,39+,40-,41-/m0/s1. The number of aliphatic hydroxyl groups is 2. The van der Waals surface area contributed by atoms with Crippen LogP contribution in [0.15, 0.2) is 30.3 Å². The fraction of sp³-hybridized carbons (Fsp3) is 0.686. The van der Waals surface area contributed by atoms with Crippen molar-refractivity contribution >= 4 is 59.1 Å². The van der Waals surface area contributed by atoms with Gasteiger partial charge in [-0.2, -0.15) is 0 Å². The smallest absolute Gasteiger partial charge is 0.245 e. The number of hydrogen-bond acceptors (Lipinski definition) is 17. The van der Waals surface area contributed by atoms with Crippen molar-refractivity contribution in [3.05, 3.63) is 35.9 Å². The summed E-state index contributed by atoms with van der Waals surface area (Å²) in [6.45, 7) is 5.34. The van der Waals surface area contributed by atoms with E-state index in [-0.39, 0.29) is 83.1 Å². The summed E-state index contributed by atoms with van der Waals surface area (Å²) >= 11 is 0. The van der Waals surface area contributed by atoms with E-state index in [2.05, 4.69) is 53.2 Å². The number of hydrogen-bond donors (Lipinski definition) is 17. The van der Waals surface area contributed by atoms with Crippen molar-refractivity contribution in [1.29, 1.82) is 0 Å². The van der Waals surface area contributed by atoms with Gasteiger partial charge in [-0.15, -0.1) is 0 Å². The second-order valence-corrected chi connectivity index (χ2v) is 20.6. The fourth-order valence-corrected chi connectivity index (χ4v) is 8.99. The van der Waals surface area contributed by atoms with Crippen LogP contribution in [0, 0.1) is 11.8 Å². The maximum absolute atomic E-state index is 14.5. The minimum Gasteiger partial charge on any atom is -0.391 e. The Hall–Kier alpha value is -6.36. The van der Waals surface area contributed by atoms with E-state index >= 15 is 0 Å². The highest BCUT2D eigenvalue weighted by molar-refractivity contribution is 5.99. The number of amides is 10. The summed E-state index contributed by atoms with van der Waals surface area (Å²) in [7, 11) is 0. The van der Waals surface area contributed by atoms with Crippen LogP contribution < -0.4 is 81.8 Å². The van der Waals surface area contributed by atoms with Crippen molar-refractivity contribution in [3.63, 3.8) is 0 Å². The summed E-state index contributed by atoms with van der Waals surface area (Å²) < 4.78 is 0. The van der Waals surface area contributed by atoms with Gasteiger partial charge in [0, 0.05) is 24.9 Å². The van der Waals surface area contributed by atoms with Crippen molar-refractivity contribution in [3.8, 4) is 0 Å². The number of aliphatic hydroxyl groups excluding tert-OH is 2. The van der Waals surface area contributed by atoms with E-state index < -0.39 is 145 Å². The molecule has 1 saturated heterocycles. The highest BCUT2D eigenvalue weighted by Gasteiger charge is 2.38. The highest BCUT2D eigenvalue weighted by Crippen LogP contribution is 2.23. The first-order valence-electron chi connectivity index (χ1n) is 27.0. The molecule has 2 aliphatic rings. The molecular formula is C51H87N15O12. The predicted octanol–water partition coefficient (Wildman–Crippen LogP) is -5.78. The van der Waals surface area contributed by atoms with E-state index in [1.165, 1.54) is 13.8 Å². The molecule has 3 rings (SSSR count). The lowest BCUT2D eigenvalue weighted by Crippen LogP contribution is -2.61. The first kappa shape index (κ1) is 65.9. The third kappa shape index (κ3) is 21.8. The second kappa shape index (κ2) is 33.8. The maximum atomic E-state index is 14.5. The average Bonchev–Trinajstić information content (AvgIpc) is 3.39. The second-order valence-electron chi connectivity index (χ2n) is 20.6. The van der Waals surface area contributed by atoms with Crippen LogP contribution in [0.1, 0.15) is 104 Å². The molecule has 2 fully saturated rings. The van der Waals surface area contributed by atoms with Gasteiger partial charge in [-0.25, -0.2) is 0 Å². The van der Waals surface area contributed by atoms with Gasteiger partial charge in [0.25, 0.3) is 0 Å². The van der Waals surface area contributed by atoms with Crippen LogP contribution in [0.5, 0.6) is 0 Å². The Morgan fingerprint density at radius 3 is 1.67 bits per heavy atom. The van der Waals surface area contributed by atoms with Crippen molar-refractivity contribution in [1.82, 2.24) is 53.2 Å². The monoisotopic (exact) mass is 1100 g/mol. The van der Waals surface area contributed by atoms with Crippen LogP contribution in [-0.2, 0) is 54.4 Å². The minimum atomic E-state index is -1.66. The first-order valence-corrected chi connectivity index (χ1v) is 27.0. The van der Waals surface area contributed by atoms with Crippen molar-refractivity contribution < 1.29 is 58.2 Å². The molecule has 78 heavy (non-hydrogen) atoms. The van der Waals surface area contributed by atoms with Crippen molar-refractivity contribution in [2.24, 2.45) is 40.5 Å². The Kier molecular flexibility index (Phi) is 28.6. The zero-order valence-electron chi connectivity index (χ0n) is 45.4. The van der Waals surface area contributed by atoms with E-state index in [0.717, 1.165) is 0 Å². The normalized spacial score (nSPS) is 26.2. The molecule has 27 heteroatoms. The first-order chi connectivity index (χ1) is 37.0. The van der Waals surface area contributed by atoms with Gasteiger partial charge in [0.1, 0.15) is 54.4 Å². The number of nitrogens with two attached hydrogens (primary N) is 5. The van der Waals surface area contributed by atoms with Crippen LogP contribution in [-0.4, -0.2) is 175 Å². The molecule has 1 aromatic carbocycles. The summed E-state index contributed by atoms with van der Waals surface area (Å²) in [5.74, 6) is -9.20. The molecule has 10 amide bonds. The molecule has 1 aliphatic heterocycles. The van der Waals surface area contributed by atoms with Crippen molar-refractivity contribution in [2.75, 3.05) is 32.7 Å². The lowest BCUT2D eigenvalue weighted by molar-refractivity contribution is -0.137. The Morgan fingerprint density at radius 2 is 1.13 bits per heavy atom. The number of carbonyl (C=O) groups excluding carboxylic acids is 10. The maximum Gasteiger partial charge on any atom is 0.245 e. The number of carbonyl (C=O) groups is 10. The van der Waals surface area contributed by atoms with E-state index in [0.29, 0.717) is 31.2 Å². The molecule has 22 N–H and O–H groups in total. The third-order valence-corrected chi connectivity index (χ3v) is 13.5. The third-order valence-electron chi connectivity index (χ3n) is 13.5. The lowest BCUT2D eigenvalue weighted by atomic mass is 9.85. The van der Waals surface area contributed by atoms with Gasteiger partial charge in [-0.3, -0.25) is 47.9 Å². The molecule has 0 radical (unpaired) electrons. The zero-order valence-corrected chi connectivity index (χ0v) is 45.4. The van der Waals surface area contributed by atoms with E-state index in [1.54, 1.807) is 44.2 Å². The molecule has 438 valence electrons. The molecule has 1 heterocycles. The van der Waals surface area contributed by atoms with Gasteiger partial charge >= 0.3 is 0 Å². The summed E-state index contributed by atoms with van der Waals surface area (Å²) in [6, 6.07) is -4.47. The van der Waals surface area contributed by atoms with Gasteiger partial charge in [0.05, 0.1) is 12.2 Å². The zero-order chi connectivity index (χ0) is 58.1. The van der Waals surface area contributed by atoms with Crippen LogP contribution in [0.3, 0.4) is 0 Å². The van der Waals surface area contributed by atoms with Gasteiger partial charge < -0.3 is 92.0 Å². The largest absolute Gasteiger partial charge is 0.391 e.